The highest BCUT2D eigenvalue weighted by Crippen LogP contribution is 2.51. The number of rotatable bonds is 4. The van der Waals surface area contributed by atoms with E-state index in [9.17, 15) is 17.2 Å². The second-order valence-corrected chi connectivity index (χ2v) is 10.3. The van der Waals surface area contributed by atoms with Crippen molar-refractivity contribution >= 4 is 27.4 Å². The van der Waals surface area contributed by atoms with Gasteiger partial charge in [-0.25, -0.2) is 13.8 Å². The Morgan fingerprint density at radius 1 is 1.16 bits per heavy atom. The van der Waals surface area contributed by atoms with Gasteiger partial charge in [-0.05, 0) is 30.7 Å². The molecule has 3 aliphatic rings. The van der Waals surface area contributed by atoms with Crippen LogP contribution in [0, 0.1) is 12.8 Å². The maximum Gasteiger partial charge on any atom is 0.326 e. The molecular formula is C21H25F2N5O2S. The van der Waals surface area contributed by atoms with Crippen LogP contribution in [0.1, 0.15) is 12.0 Å². The van der Waals surface area contributed by atoms with E-state index in [1.807, 2.05) is 25.1 Å². The summed E-state index contributed by atoms with van der Waals surface area (Å²) in [5.74, 6) is -2.82. The van der Waals surface area contributed by atoms with Crippen molar-refractivity contribution in [2.45, 2.75) is 19.3 Å². The minimum atomic E-state index is -3.87. The maximum absolute atomic E-state index is 13.4. The predicted octanol–water partition coefficient (Wildman–Crippen LogP) is 2.62. The smallest absolute Gasteiger partial charge is 0.326 e. The van der Waals surface area contributed by atoms with Crippen molar-refractivity contribution in [2.75, 3.05) is 53.3 Å². The highest BCUT2D eigenvalue weighted by atomic mass is 32.2. The monoisotopic (exact) mass is 449 g/mol. The van der Waals surface area contributed by atoms with Crippen LogP contribution in [0.4, 0.5) is 26.0 Å². The van der Waals surface area contributed by atoms with E-state index in [1.165, 1.54) is 11.4 Å². The maximum atomic E-state index is 13.4. The van der Waals surface area contributed by atoms with Crippen LogP contribution in [-0.2, 0) is 10.2 Å². The minimum Gasteiger partial charge on any atom is -0.354 e. The lowest BCUT2D eigenvalue weighted by Crippen LogP contribution is -2.43. The lowest BCUT2D eigenvalue weighted by atomic mass is 10.0. The standard InChI is InChI=1S/C21H25F2N5O2S/c1-14-3-6-19(27-9-7-24-8-10-27)25-20(14)15-4-5-17-18(11-15)26(2)31(29,30)28(17)13-16-12-21(16,22)23/h3-6,11,16,24H,7-10,12-13H2,1-2H3. The number of aryl methyl sites for hydroxylation is 1. The number of nitrogens with zero attached hydrogens (tertiary/aromatic N) is 4. The molecule has 0 radical (unpaired) electrons. The zero-order chi connectivity index (χ0) is 22.0. The van der Waals surface area contributed by atoms with Gasteiger partial charge >= 0.3 is 10.2 Å². The van der Waals surface area contributed by atoms with Crippen LogP contribution in [0.25, 0.3) is 11.3 Å². The predicted molar refractivity (Wildman–Crippen MR) is 117 cm³/mol. The topological polar surface area (TPSA) is 68.8 Å². The van der Waals surface area contributed by atoms with Crippen LogP contribution < -0.4 is 18.8 Å². The Hall–Kier alpha value is -2.46. The van der Waals surface area contributed by atoms with Gasteiger partial charge in [0.25, 0.3) is 5.92 Å². The summed E-state index contributed by atoms with van der Waals surface area (Å²) in [5.41, 5.74) is 3.49. The van der Waals surface area contributed by atoms with Crippen molar-refractivity contribution in [3.63, 3.8) is 0 Å². The summed E-state index contributed by atoms with van der Waals surface area (Å²) < 4.78 is 54.9. The molecule has 1 unspecified atom stereocenters. The summed E-state index contributed by atoms with van der Waals surface area (Å²) in [6, 6.07) is 9.34. The van der Waals surface area contributed by atoms with Crippen LogP contribution in [-0.4, -0.2) is 59.1 Å². The summed E-state index contributed by atoms with van der Waals surface area (Å²) in [7, 11) is -2.41. The van der Waals surface area contributed by atoms with Gasteiger partial charge in [0, 0.05) is 57.7 Å². The molecule has 166 valence electrons. The van der Waals surface area contributed by atoms with Gasteiger partial charge in [0.1, 0.15) is 5.82 Å². The lowest BCUT2D eigenvalue weighted by molar-refractivity contribution is 0.101. The van der Waals surface area contributed by atoms with Crippen molar-refractivity contribution in [3.05, 3.63) is 35.9 Å². The molecule has 10 heteroatoms. The van der Waals surface area contributed by atoms with E-state index in [2.05, 4.69) is 10.2 Å². The highest BCUT2D eigenvalue weighted by Gasteiger charge is 2.59. The van der Waals surface area contributed by atoms with Crippen LogP contribution in [0.3, 0.4) is 0 Å². The summed E-state index contributed by atoms with van der Waals surface area (Å²) >= 11 is 0. The van der Waals surface area contributed by atoms with E-state index in [-0.39, 0.29) is 13.0 Å². The summed E-state index contributed by atoms with van der Waals surface area (Å²) in [4.78, 5) is 7.09. The molecule has 1 aliphatic carbocycles. The van der Waals surface area contributed by atoms with Gasteiger partial charge in [0.05, 0.1) is 17.1 Å². The number of piperazine rings is 1. The third-order valence-electron chi connectivity index (χ3n) is 6.35. The average molecular weight is 450 g/mol. The van der Waals surface area contributed by atoms with Gasteiger partial charge in [-0.3, -0.25) is 8.61 Å². The van der Waals surface area contributed by atoms with Gasteiger partial charge in [-0.2, -0.15) is 8.42 Å². The summed E-state index contributed by atoms with van der Waals surface area (Å²) in [5, 5.41) is 3.33. The fourth-order valence-corrected chi connectivity index (χ4v) is 5.73. The number of alkyl halides is 2. The van der Waals surface area contributed by atoms with Gasteiger partial charge in [-0.1, -0.05) is 12.1 Å². The number of pyridine rings is 1. The second kappa shape index (κ2) is 7.03. The molecule has 0 bridgehead atoms. The number of anilines is 3. The number of fused-ring (bicyclic) bond motifs is 1. The van der Waals surface area contributed by atoms with Crippen molar-refractivity contribution in [1.82, 2.24) is 10.3 Å². The van der Waals surface area contributed by atoms with Crippen molar-refractivity contribution in [1.29, 1.82) is 0 Å². The molecule has 7 nitrogen and oxygen atoms in total. The third-order valence-corrected chi connectivity index (χ3v) is 8.14. The van der Waals surface area contributed by atoms with Gasteiger partial charge < -0.3 is 10.2 Å². The Balaban J connectivity index is 1.50. The first kappa shape index (κ1) is 20.4. The van der Waals surface area contributed by atoms with E-state index in [0.29, 0.717) is 11.4 Å². The average Bonchev–Trinajstić information content (AvgIpc) is 3.32. The molecule has 1 aromatic heterocycles. The molecule has 31 heavy (non-hydrogen) atoms. The number of benzene rings is 1. The largest absolute Gasteiger partial charge is 0.354 e. The zero-order valence-corrected chi connectivity index (χ0v) is 18.3. The number of hydrogen-bond donors (Lipinski definition) is 1. The first-order valence-corrected chi connectivity index (χ1v) is 11.8. The van der Waals surface area contributed by atoms with Crippen molar-refractivity contribution in [2.24, 2.45) is 5.92 Å². The van der Waals surface area contributed by atoms with E-state index in [4.69, 9.17) is 4.98 Å². The third kappa shape index (κ3) is 3.41. The minimum absolute atomic E-state index is 0.207. The number of nitrogens with one attached hydrogen (secondary N) is 1. The van der Waals surface area contributed by atoms with Crippen molar-refractivity contribution < 1.29 is 17.2 Å². The molecule has 1 saturated carbocycles. The van der Waals surface area contributed by atoms with E-state index in [0.717, 1.165) is 53.1 Å². The molecule has 0 amide bonds. The molecule has 2 aromatic rings. The molecule has 5 rings (SSSR count). The molecule has 0 spiro atoms. The molecule has 1 aromatic carbocycles. The Kier molecular flexibility index (Phi) is 4.63. The SMILES string of the molecule is Cc1ccc(N2CCNCC2)nc1-c1ccc2c(c1)N(C)S(=O)(=O)N2CC1CC1(F)F. The normalized spacial score (nSPS) is 23.7. The summed E-state index contributed by atoms with van der Waals surface area (Å²) in [6.45, 7) is 5.33. The molecule has 1 saturated heterocycles. The second-order valence-electron chi connectivity index (χ2n) is 8.44. The molecule has 1 atom stereocenters. The Morgan fingerprint density at radius 3 is 2.55 bits per heavy atom. The van der Waals surface area contributed by atoms with Crippen LogP contribution in [0.5, 0.6) is 0 Å². The van der Waals surface area contributed by atoms with Crippen LogP contribution in [0.15, 0.2) is 30.3 Å². The number of hydrogen-bond acceptors (Lipinski definition) is 5. The lowest BCUT2D eigenvalue weighted by Gasteiger charge is -2.29. The molecule has 3 heterocycles. The quantitative estimate of drug-likeness (QED) is 0.777. The molecule has 2 aliphatic heterocycles. The van der Waals surface area contributed by atoms with Gasteiger partial charge in [0.15, 0.2) is 0 Å². The Bertz CT molecular complexity index is 1130. The summed E-state index contributed by atoms with van der Waals surface area (Å²) in [6.07, 6.45) is -0.266. The Morgan fingerprint density at radius 2 is 1.87 bits per heavy atom. The Labute approximate surface area is 180 Å². The fourth-order valence-electron chi connectivity index (χ4n) is 4.27. The first-order valence-electron chi connectivity index (χ1n) is 10.4. The fraction of sp³-hybridized carbons (Fsp3) is 0.476. The van der Waals surface area contributed by atoms with Gasteiger partial charge in [0.2, 0.25) is 0 Å². The number of aromatic nitrogens is 1. The van der Waals surface area contributed by atoms with Crippen LogP contribution >= 0.6 is 0 Å². The van der Waals surface area contributed by atoms with E-state index in [1.54, 1.807) is 12.1 Å². The van der Waals surface area contributed by atoms with Crippen molar-refractivity contribution in [3.8, 4) is 11.3 Å². The van der Waals surface area contributed by atoms with Crippen LogP contribution in [0.2, 0.25) is 0 Å². The van der Waals surface area contributed by atoms with E-state index >= 15 is 0 Å². The van der Waals surface area contributed by atoms with E-state index < -0.39 is 22.0 Å². The number of halogens is 2. The molecule has 1 N–H and O–H groups in total. The molecular weight excluding hydrogens is 424 g/mol. The molecule has 2 fully saturated rings. The first-order chi connectivity index (χ1) is 14.7. The highest BCUT2D eigenvalue weighted by molar-refractivity contribution is 7.94. The van der Waals surface area contributed by atoms with Gasteiger partial charge in [-0.15, -0.1) is 0 Å². The zero-order valence-electron chi connectivity index (χ0n) is 17.5.